The van der Waals surface area contributed by atoms with Gasteiger partial charge < -0.3 is 15.3 Å². The second-order valence-electron chi connectivity index (χ2n) is 3.60. The molecule has 0 heterocycles. The number of nitrogens with zero attached hydrogens (tertiary/aromatic N) is 1. The van der Waals surface area contributed by atoms with Gasteiger partial charge >= 0.3 is 0 Å². The number of aromatic hydroxyl groups is 1. The number of phenolic OH excluding ortho intramolecular Hbond substituents is 1. The number of phenols is 1. The lowest BCUT2D eigenvalue weighted by Crippen LogP contribution is -2.27. The van der Waals surface area contributed by atoms with Crippen LogP contribution >= 0.6 is 0 Å². The van der Waals surface area contributed by atoms with Crippen molar-refractivity contribution in [3.8, 4) is 5.75 Å². The Bertz CT molecular complexity index is 404. The molecule has 0 saturated heterocycles. The molecule has 1 aromatic rings. The van der Waals surface area contributed by atoms with E-state index < -0.39 is 5.09 Å². The van der Waals surface area contributed by atoms with E-state index in [0.29, 0.717) is 13.0 Å². The third kappa shape index (κ3) is 5.69. The highest BCUT2D eigenvalue weighted by molar-refractivity contribution is 5.78. The lowest BCUT2D eigenvalue weighted by Gasteiger charge is -2.05. The molecule has 7 heteroatoms. The minimum Gasteiger partial charge on any atom is -0.508 e. The van der Waals surface area contributed by atoms with Gasteiger partial charge in [0.05, 0.1) is 13.0 Å². The molecule has 0 unspecified atom stereocenters. The van der Waals surface area contributed by atoms with Crippen LogP contribution in [0.3, 0.4) is 0 Å². The largest absolute Gasteiger partial charge is 0.508 e. The number of hydrogen-bond donors (Lipinski definition) is 2. The first-order chi connectivity index (χ1) is 8.58. The van der Waals surface area contributed by atoms with Gasteiger partial charge in [0.25, 0.3) is 5.09 Å². The van der Waals surface area contributed by atoms with Gasteiger partial charge in [0.1, 0.15) is 5.75 Å². The van der Waals surface area contributed by atoms with Crippen LogP contribution in [0.4, 0.5) is 0 Å². The van der Waals surface area contributed by atoms with Gasteiger partial charge in [-0.05, 0) is 24.1 Å². The number of amides is 1. The summed E-state index contributed by atoms with van der Waals surface area (Å²) in [5.74, 6) is -0.0297. The smallest absolute Gasteiger partial charge is 0.294 e. The van der Waals surface area contributed by atoms with Crippen LogP contribution in [0.5, 0.6) is 5.75 Å². The van der Waals surface area contributed by atoms with E-state index in [0.717, 1.165) is 5.56 Å². The molecule has 7 nitrogen and oxygen atoms in total. The molecule has 18 heavy (non-hydrogen) atoms. The zero-order valence-corrected chi connectivity index (χ0v) is 9.67. The Hall–Kier alpha value is -2.31. The van der Waals surface area contributed by atoms with E-state index in [2.05, 4.69) is 10.2 Å². The summed E-state index contributed by atoms with van der Waals surface area (Å²) in [6, 6.07) is 6.33. The maximum Gasteiger partial charge on any atom is 0.294 e. The molecule has 0 radical (unpaired) electrons. The maximum atomic E-state index is 11.4. The predicted molar refractivity (Wildman–Crippen MR) is 62.4 cm³/mol. The van der Waals surface area contributed by atoms with Crippen molar-refractivity contribution in [2.45, 2.75) is 12.8 Å². The maximum absolute atomic E-state index is 11.4. The van der Waals surface area contributed by atoms with Gasteiger partial charge in [0.2, 0.25) is 5.91 Å². The number of rotatable bonds is 7. The lowest BCUT2D eigenvalue weighted by molar-refractivity contribution is -0.757. The van der Waals surface area contributed by atoms with Crippen molar-refractivity contribution in [1.29, 1.82) is 0 Å². The number of nitrogens with one attached hydrogen (secondary N) is 1. The number of carbonyl (C=O) groups is 1. The van der Waals surface area contributed by atoms with Crippen LogP contribution in [-0.4, -0.2) is 29.3 Å². The molecule has 0 aromatic heterocycles. The highest BCUT2D eigenvalue weighted by Crippen LogP contribution is 2.09. The molecule has 0 aliphatic rings. The average molecular weight is 254 g/mol. The number of benzene rings is 1. The van der Waals surface area contributed by atoms with Crippen LogP contribution in [0.15, 0.2) is 24.3 Å². The van der Waals surface area contributed by atoms with Crippen molar-refractivity contribution in [1.82, 2.24) is 5.32 Å². The van der Waals surface area contributed by atoms with E-state index >= 15 is 0 Å². The van der Waals surface area contributed by atoms with Gasteiger partial charge in [0.15, 0.2) is 0 Å². The van der Waals surface area contributed by atoms with Gasteiger partial charge in [-0.2, -0.15) is 0 Å². The third-order valence-electron chi connectivity index (χ3n) is 2.14. The van der Waals surface area contributed by atoms with Crippen molar-refractivity contribution in [2.75, 3.05) is 13.2 Å². The first kappa shape index (κ1) is 13.8. The number of carbonyl (C=O) groups excluding carboxylic acids is 1. The Morgan fingerprint density at radius 3 is 2.67 bits per heavy atom. The topological polar surface area (TPSA) is 102 Å². The Kier molecular flexibility index (Phi) is 5.43. The summed E-state index contributed by atoms with van der Waals surface area (Å²) < 4.78 is 0. The van der Waals surface area contributed by atoms with Crippen molar-refractivity contribution < 1.29 is 19.8 Å². The fourth-order valence-electron chi connectivity index (χ4n) is 1.30. The van der Waals surface area contributed by atoms with Gasteiger partial charge in [-0.1, -0.05) is 12.1 Å². The standard InChI is InChI=1S/C11H14N2O5/c14-10-4-2-9(3-5-10)8-11(15)12-6-1-7-18-13(16)17/h2-5,14H,1,6-8H2,(H,12,15). The molecule has 0 fully saturated rings. The Morgan fingerprint density at radius 2 is 2.06 bits per heavy atom. The summed E-state index contributed by atoms with van der Waals surface area (Å²) in [5, 5.41) is 20.7. The normalized spacial score (nSPS) is 9.78. The summed E-state index contributed by atoms with van der Waals surface area (Å²) in [7, 11) is 0. The molecular weight excluding hydrogens is 240 g/mol. The van der Waals surface area contributed by atoms with Crippen LogP contribution in [0.1, 0.15) is 12.0 Å². The lowest BCUT2D eigenvalue weighted by atomic mass is 10.1. The van der Waals surface area contributed by atoms with E-state index in [1.54, 1.807) is 12.1 Å². The van der Waals surface area contributed by atoms with Crippen LogP contribution in [0.25, 0.3) is 0 Å². The zero-order valence-electron chi connectivity index (χ0n) is 9.67. The Labute approximate surface area is 103 Å². The molecule has 1 aromatic carbocycles. The molecular formula is C11H14N2O5. The zero-order chi connectivity index (χ0) is 13.4. The summed E-state index contributed by atoms with van der Waals surface area (Å²) >= 11 is 0. The van der Waals surface area contributed by atoms with Crippen molar-refractivity contribution >= 4 is 5.91 Å². The molecule has 0 aliphatic carbocycles. The van der Waals surface area contributed by atoms with E-state index in [-0.39, 0.29) is 24.7 Å². The van der Waals surface area contributed by atoms with Gasteiger partial charge in [-0.25, -0.2) is 0 Å². The SMILES string of the molecule is O=C(Cc1ccc(O)cc1)NCCCO[N+](=O)[O-]. The van der Waals surface area contributed by atoms with E-state index in [1.807, 2.05) is 0 Å². The fraction of sp³-hybridized carbons (Fsp3) is 0.364. The highest BCUT2D eigenvalue weighted by atomic mass is 16.9. The first-order valence-electron chi connectivity index (χ1n) is 5.40. The summed E-state index contributed by atoms with van der Waals surface area (Å²) in [6.45, 7) is 0.289. The van der Waals surface area contributed by atoms with Crippen molar-refractivity contribution in [3.05, 3.63) is 39.9 Å². The second-order valence-corrected chi connectivity index (χ2v) is 3.60. The molecule has 0 saturated carbocycles. The van der Waals surface area contributed by atoms with Crippen LogP contribution in [0, 0.1) is 10.1 Å². The quantitative estimate of drug-likeness (QED) is 0.422. The van der Waals surface area contributed by atoms with Gasteiger partial charge in [-0.3, -0.25) is 4.79 Å². The monoisotopic (exact) mass is 254 g/mol. The minimum atomic E-state index is -0.863. The highest BCUT2D eigenvalue weighted by Gasteiger charge is 2.03. The Morgan fingerprint density at radius 1 is 1.39 bits per heavy atom. The molecule has 0 bridgehead atoms. The fourth-order valence-corrected chi connectivity index (χ4v) is 1.30. The summed E-state index contributed by atoms with van der Waals surface area (Å²) in [6.07, 6.45) is 0.582. The van der Waals surface area contributed by atoms with Gasteiger partial charge in [0, 0.05) is 6.54 Å². The van der Waals surface area contributed by atoms with Crippen LogP contribution < -0.4 is 5.32 Å². The van der Waals surface area contributed by atoms with Crippen LogP contribution in [0.2, 0.25) is 0 Å². The minimum absolute atomic E-state index is 0.0352. The molecule has 0 atom stereocenters. The van der Waals surface area contributed by atoms with E-state index in [9.17, 15) is 14.9 Å². The predicted octanol–water partition coefficient (Wildman–Crippen LogP) is 0.649. The molecule has 2 N–H and O–H groups in total. The van der Waals surface area contributed by atoms with Crippen molar-refractivity contribution in [2.24, 2.45) is 0 Å². The first-order valence-corrected chi connectivity index (χ1v) is 5.40. The molecule has 0 aliphatic heterocycles. The third-order valence-corrected chi connectivity index (χ3v) is 2.14. The second kappa shape index (κ2) is 7.10. The van der Waals surface area contributed by atoms with E-state index in [4.69, 9.17) is 5.11 Å². The Balaban J connectivity index is 2.17. The molecule has 1 rings (SSSR count). The van der Waals surface area contributed by atoms with Gasteiger partial charge in [-0.15, -0.1) is 10.1 Å². The molecule has 98 valence electrons. The summed E-state index contributed by atoms with van der Waals surface area (Å²) in [4.78, 5) is 25.4. The van der Waals surface area contributed by atoms with Crippen molar-refractivity contribution in [3.63, 3.8) is 0 Å². The number of hydrogen-bond acceptors (Lipinski definition) is 5. The average Bonchev–Trinajstić information content (AvgIpc) is 2.31. The van der Waals surface area contributed by atoms with E-state index in [1.165, 1.54) is 12.1 Å². The summed E-state index contributed by atoms with van der Waals surface area (Å²) in [5.41, 5.74) is 0.784. The molecule has 1 amide bonds. The van der Waals surface area contributed by atoms with Crippen LogP contribution in [-0.2, 0) is 16.1 Å². The molecule has 0 spiro atoms.